The van der Waals surface area contributed by atoms with E-state index in [1.54, 1.807) is 24.3 Å². The highest BCUT2D eigenvalue weighted by Gasteiger charge is 2.35. The van der Waals surface area contributed by atoms with Crippen LogP contribution in [0.15, 0.2) is 24.3 Å². The summed E-state index contributed by atoms with van der Waals surface area (Å²) in [7, 11) is 0. The van der Waals surface area contributed by atoms with Gasteiger partial charge in [-0.05, 0) is 24.1 Å². The van der Waals surface area contributed by atoms with E-state index in [9.17, 15) is 9.59 Å². The predicted octanol–water partition coefficient (Wildman–Crippen LogP) is 1.15. The number of nitrogens with one attached hydrogen (secondary N) is 1. The zero-order chi connectivity index (χ0) is 15.4. The largest absolute Gasteiger partial charge is 0.481 e. The molecule has 1 aromatic carbocycles. The van der Waals surface area contributed by atoms with Crippen LogP contribution in [-0.2, 0) is 9.59 Å². The van der Waals surface area contributed by atoms with Crippen molar-refractivity contribution in [2.45, 2.75) is 6.92 Å². The molecule has 1 heterocycles. The van der Waals surface area contributed by atoms with Crippen LogP contribution in [0.1, 0.15) is 12.5 Å². The number of hydrogen-bond acceptors (Lipinski definition) is 4. The number of aliphatic carboxylic acids is 1. The lowest BCUT2D eigenvalue weighted by Crippen LogP contribution is -2.32. The number of carbonyl (C=O) groups excluding carboxylic acids is 1. The van der Waals surface area contributed by atoms with Crippen molar-refractivity contribution >= 4 is 17.6 Å². The Balaban J connectivity index is 1.91. The van der Waals surface area contributed by atoms with Crippen molar-refractivity contribution in [2.75, 3.05) is 25.0 Å². The van der Waals surface area contributed by atoms with E-state index in [0.717, 1.165) is 0 Å². The second kappa shape index (κ2) is 6.37. The van der Waals surface area contributed by atoms with Gasteiger partial charge >= 0.3 is 5.97 Å². The summed E-state index contributed by atoms with van der Waals surface area (Å²) < 4.78 is 0. The molecule has 2 N–H and O–H groups in total. The number of carbonyl (C=O) groups is 2. The van der Waals surface area contributed by atoms with Crippen molar-refractivity contribution in [3.63, 3.8) is 0 Å². The first-order chi connectivity index (χ1) is 9.99. The number of likely N-dealkylation sites (tertiary alicyclic amines) is 1. The third-order valence-electron chi connectivity index (χ3n) is 3.65. The topological polar surface area (TPSA) is 93.4 Å². The monoisotopic (exact) mass is 287 g/mol. The van der Waals surface area contributed by atoms with Gasteiger partial charge in [0.2, 0.25) is 5.91 Å². The third kappa shape index (κ3) is 3.80. The minimum Gasteiger partial charge on any atom is -0.481 e. The Morgan fingerprint density at radius 2 is 2.24 bits per heavy atom. The van der Waals surface area contributed by atoms with Crippen molar-refractivity contribution in [1.29, 1.82) is 5.26 Å². The van der Waals surface area contributed by atoms with E-state index >= 15 is 0 Å². The fourth-order valence-electron chi connectivity index (χ4n) is 2.59. The summed E-state index contributed by atoms with van der Waals surface area (Å²) in [4.78, 5) is 24.9. The number of benzene rings is 1. The number of amides is 1. The van der Waals surface area contributed by atoms with Crippen molar-refractivity contribution in [1.82, 2.24) is 4.90 Å². The van der Waals surface area contributed by atoms with Crippen LogP contribution in [0.4, 0.5) is 5.69 Å². The highest BCUT2D eigenvalue weighted by atomic mass is 16.4. The van der Waals surface area contributed by atoms with Gasteiger partial charge in [0.25, 0.3) is 0 Å². The van der Waals surface area contributed by atoms with Crippen LogP contribution in [0, 0.1) is 23.2 Å². The normalized spacial score (nSPS) is 21.7. The molecule has 110 valence electrons. The third-order valence-corrected chi connectivity index (χ3v) is 3.65. The molecule has 0 unspecified atom stereocenters. The lowest BCUT2D eigenvalue weighted by molar-refractivity contribution is -0.142. The summed E-state index contributed by atoms with van der Waals surface area (Å²) in [6.07, 6.45) is 0. The summed E-state index contributed by atoms with van der Waals surface area (Å²) >= 11 is 0. The van der Waals surface area contributed by atoms with E-state index < -0.39 is 11.9 Å². The smallest absolute Gasteiger partial charge is 0.308 e. The number of hydrogen-bond donors (Lipinski definition) is 2. The second-order valence-corrected chi connectivity index (χ2v) is 5.36. The summed E-state index contributed by atoms with van der Waals surface area (Å²) in [6, 6.07) is 8.69. The maximum Gasteiger partial charge on any atom is 0.308 e. The van der Waals surface area contributed by atoms with Crippen LogP contribution in [-0.4, -0.2) is 41.5 Å². The first-order valence-electron chi connectivity index (χ1n) is 6.74. The molecule has 1 aliphatic rings. The number of nitrogens with zero attached hydrogens (tertiary/aromatic N) is 2. The quantitative estimate of drug-likeness (QED) is 0.866. The van der Waals surface area contributed by atoms with Gasteiger partial charge in [-0.2, -0.15) is 5.26 Å². The van der Waals surface area contributed by atoms with Gasteiger partial charge in [-0.15, -0.1) is 0 Å². The van der Waals surface area contributed by atoms with E-state index in [-0.39, 0.29) is 18.4 Å². The summed E-state index contributed by atoms with van der Waals surface area (Å²) in [5.74, 6) is -1.40. The number of rotatable bonds is 4. The maximum atomic E-state index is 12.0. The molecule has 1 aliphatic heterocycles. The van der Waals surface area contributed by atoms with Gasteiger partial charge < -0.3 is 10.4 Å². The molecule has 0 aromatic heterocycles. The van der Waals surface area contributed by atoms with E-state index in [0.29, 0.717) is 24.3 Å². The molecule has 0 saturated carbocycles. The Labute approximate surface area is 123 Å². The van der Waals surface area contributed by atoms with Crippen LogP contribution >= 0.6 is 0 Å². The molecule has 0 aliphatic carbocycles. The molecule has 6 heteroatoms. The number of nitriles is 1. The Morgan fingerprint density at radius 1 is 1.48 bits per heavy atom. The molecule has 1 saturated heterocycles. The minimum atomic E-state index is -0.813. The van der Waals surface area contributed by atoms with Gasteiger partial charge in [-0.1, -0.05) is 13.0 Å². The lowest BCUT2D eigenvalue weighted by Gasteiger charge is -2.14. The molecule has 6 nitrogen and oxygen atoms in total. The van der Waals surface area contributed by atoms with Crippen molar-refractivity contribution < 1.29 is 14.7 Å². The first-order valence-corrected chi connectivity index (χ1v) is 6.74. The molecule has 0 radical (unpaired) electrons. The minimum absolute atomic E-state index is 0.0391. The van der Waals surface area contributed by atoms with Crippen molar-refractivity contribution in [3.05, 3.63) is 29.8 Å². The molecule has 1 fully saturated rings. The fourth-order valence-corrected chi connectivity index (χ4v) is 2.59. The predicted molar refractivity (Wildman–Crippen MR) is 76.5 cm³/mol. The van der Waals surface area contributed by atoms with Gasteiger partial charge in [0, 0.05) is 18.8 Å². The highest BCUT2D eigenvalue weighted by Crippen LogP contribution is 2.22. The molecular formula is C15H17N3O3. The average Bonchev–Trinajstić information content (AvgIpc) is 2.79. The van der Waals surface area contributed by atoms with E-state index in [4.69, 9.17) is 10.4 Å². The lowest BCUT2D eigenvalue weighted by atomic mass is 9.99. The zero-order valence-corrected chi connectivity index (χ0v) is 11.7. The van der Waals surface area contributed by atoms with Gasteiger partial charge in [-0.3, -0.25) is 14.5 Å². The molecule has 2 rings (SSSR count). The molecule has 1 aromatic rings. The maximum absolute atomic E-state index is 12.0. The number of anilines is 1. The number of carboxylic acid groups (broad SMARTS) is 1. The molecule has 21 heavy (non-hydrogen) atoms. The zero-order valence-electron chi connectivity index (χ0n) is 11.7. The van der Waals surface area contributed by atoms with E-state index in [1.165, 1.54) is 0 Å². The first kappa shape index (κ1) is 15.0. The Morgan fingerprint density at radius 3 is 2.86 bits per heavy atom. The Kier molecular flexibility index (Phi) is 4.55. The van der Waals surface area contributed by atoms with E-state index in [2.05, 4.69) is 5.32 Å². The van der Waals surface area contributed by atoms with Gasteiger partial charge in [0.15, 0.2) is 0 Å². The van der Waals surface area contributed by atoms with E-state index in [1.807, 2.05) is 17.9 Å². The number of carboxylic acids is 1. The SMILES string of the molecule is C[C@@H]1CN(CC(=O)Nc2cccc(C#N)c2)C[C@H]1C(=O)O. The Hall–Kier alpha value is -2.39. The van der Waals surface area contributed by atoms with Crippen LogP contribution in [0.25, 0.3) is 0 Å². The van der Waals surface area contributed by atoms with Gasteiger partial charge in [-0.25, -0.2) is 0 Å². The van der Waals surface area contributed by atoms with Crippen LogP contribution in [0.5, 0.6) is 0 Å². The highest BCUT2D eigenvalue weighted by molar-refractivity contribution is 5.92. The summed E-state index contributed by atoms with van der Waals surface area (Å²) in [5, 5.41) is 20.6. The van der Waals surface area contributed by atoms with Gasteiger partial charge in [0.1, 0.15) is 0 Å². The Bertz CT molecular complexity index is 594. The molecular weight excluding hydrogens is 270 g/mol. The summed E-state index contributed by atoms with van der Waals surface area (Å²) in [5.41, 5.74) is 1.05. The molecule has 2 atom stereocenters. The molecule has 1 amide bonds. The van der Waals surface area contributed by atoms with Crippen LogP contribution < -0.4 is 5.32 Å². The van der Waals surface area contributed by atoms with Crippen molar-refractivity contribution in [2.24, 2.45) is 11.8 Å². The van der Waals surface area contributed by atoms with Crippen molar-refractivity contribution in [3.8, 4) is 6.07 Å². The van der Waals surface area contributed by atoms with Gasteiger partial charge in [0.05, 0.1) is 24.1 Å². The molecule has 0 spiro atoms. The second-order valence-electron chi connectivity index (χ2n) is 5.36. The average molecular weight is 287 g/mol. The fraction of sp³-hybridized carbons (Fsp3) is 0.400. The molecule has 0 bridgehead atoms. The van der Waals surface area contributed by atoms with Crippen LogP contribution in [0.3, 0.4) is 0 Å². The van der Waals surface area contributed by atoms with Crippen LogP contribution in [0.2, 0.25) is 0 Å². The standard InChI is InChI=1S/C15H17N3O3/c1-10-7-18(8-13(10)15(20)21)9-14(19)17-12-4-2-3-11(5-12)6-16/h2-5,10,13H,7-9H2,1H3,(H,17,19)(H,20,21)/t10-,13-/m1/s1. The summed E-state index contributed by atoms with van der Waals surface area (Å²) in [6.45, 7) is 3.03.